The second-order valence-corrected chi connectivity index (χ2v) is 9.44. The Hall–Kier alpha value is -2.89. The molecule has 1 aliphatic heterocycles. The molecule has 1 aliphatic carbocycles. The summed E-state index contributed by atoms with van der Waals surface area (Å²) in [5.41, 5.74) is 2.39. The zero-order valence-corrected chi connectivity index (χ0v) is 18.3. The fraction of sp³-hybridized carbons (Fsp3) is 0.440. The number of hydrogen-bond acceptors (Lipinski definition) is 3. The molecule has 5 nitrogen and oxygen atoms in total. The van der Waals surface area contributed by atoms with Crippen LogP contribution in [0.15, 0.2) is 42.5 Å². The smallest absolute Gasteiger partial charge is 0.258 e. The summed E-state index contributed by atoms with van der Waals surface area (Å²) in [5, 5.41) is 2.91. The number of carbonyl (C=O) groups is 2. The predicted octanol–water partition coefficient (Wildman–Crippen LogP) is 4.00. The molecule has 31 heavy (non-hydrogen) atoms. The SMILES string of the molecule is CC(C)(C)C(=O)N1CCc2ccc(OCC(=O)NC3CC3)cc2C1c1ccc(F)cc1. The fourth-order valence-corrected chi connectivity index (χ4v) is 3.98. The van der Waals surface area contributed by atoms with Gasteiger partial charge in [0.15, 0.2) is 6.61 Å². The van der Waals surface area contributed by atoms with E-state index in [1.165, 1.54) is 12.1 Å². The second-order valence-electron chi connectivity index (χ2n) is 9.44. The molecule has 1 unspecified atom stereocenters. The molecular formula is C25H29FN2O3. The molecule has 2 aromatic rings. The average Bonchev–Trinajstić information content (AvgIpc) is 3.54. The number of rotatable bonds is 5. The lowest BCUT2D eigenvalue weighted by atomic mass is 9.85. The van der Waals surface area contributed by atoms with Gasteiger partial charge < -0.3 is 15.0 Å². The summed E-state index contributed by atoms with van der Waals surface area (Å²) in [6, 6.07) is 12.0. The van der Waals surface area contributed by atoms with Gasteiger partial charge in [-0.1, -0.05) is 39.0 Å². The van der Waals surface area contributed by atoms with Gasteiger partial charge in [0.25, 0.3) is 5.91 Å². The Bertz CT molecular complexity index is 977. The van der Waals surface area contributed by atoms with Gasteiger partial charge in [-0.05, 0) is 60.2 Å². The number of benzene rings is 2. The average molecular weight is 425 g/mol. The Balaban J connectivity index is 1.65. The first-order valence-corrected chi connectivity index (χ1v) is 10.8. The first-order chi connectivity index (χ1) is 14.7. The molecule has 2 aliphatic rings. The maximum Gasteiger partial charge on any atom is 0.258 e. The number of nitrogens with one attached hydrogen (secondary N) is 1. The lowest BCUT2D eigenvalue weighted by Gasteiger charge is -2.41. The lowest BCUT2D eigenvalue weighted by molar-refractivity contribution is -0.141. The number of halogens is 1. The molecule has 0 radical (unpaired) electrons. The molecule has 0 saturated heterocycles. The van der Waals surface area contributed by atoms with Crippen LogP contribution in [0, 0.1) is 11.2 Å². The van der Waals surface area contributed by atoms with Crippen LogP contribution in [0.3, 0.4) is 0 Å². The molecule has 6 heteroatoms. The van der Waals surface area contributed by atoms with Gasteiger partial charge in [-0.25, -0.2) is 4.39 Å². The Kier molecular flexibility index (Phi) is 5.73. The molecule has 2 amide bonds. The summed E-state index contributed by atoms with van der Waals surface area (Å²) in [5.74, 6) is 0.191. The molecular weight excluding hydrogens is 395 g/mol. The van der Waals surface area contributed by atoms with E-state index in [-0.39, 0.29) is 30.3 Å². The molecule has 1 saturated carbocycles. The maximum atomic E-state index is 13.6. The number of amides is 2. The highest BCUT2D eigenvalue weighted by Gasteiger charge is 2.37. The van der Waals surface area contributed by atoms with E-state index in [2.05, 4.69) is 5.32 Å². The lowest BCUT2D eigenvalue weighted by Crippen LogP contribution is -2.45. The third-order valence-corrected chi connectivity index (χ3v) is 5.75. The zero-order valence-electron chi connectivity index (χ0n) is 18.3. The van der Waals surface area contributed by atoms with Crippen molar-refractivity contribution in [3.63, 3.8) is 0 Å². The summed E-state index contributed by atoms with van der Waals surface area (Å²) in [7, 11) is 0. The highest BCUT2D eigenvalue weighted by Crippen LogP contribution is 2.39. The zero-order chi connectivity index (χ0) is 22.2. The van der Waals surface area contributed by atoms with Crippen LogP contribution < -0.4 is 10.1 Å². The van der Waals surface area contributed by atoms with Crippen molar-refractivity contribution in [3.8, 4) is 5.75 Å². The van der Waals surface area contributed by atoms with Crippen molar-refractivity contribution in [2.75, 3.05) is 13.2 Å². The van der Waals surface area contributed by atoms with Crippen molar-refractivity contribution in [1.29, 1.82) is 0 Å². The Morgan fingerprint density at radius 1 is 1.13 bits per heavy atom. The third kappa shape index (κ3) is 4.89. The molecule has 0 spiro atoms. The van der Waals surface area contributed by atoms with Crippen molar-refractivity contribution in [2.45, 2.75) is 52.1 Å². The Labute approximate surface area is 182 Å². The first-order valence-electron chi connectivity index (χ1n) is 10.8. The normalized spacial score (nSPS) is 18.3. The van der Waals surface area contributed by atoms with Crippen LogP contribution in [-0.2, 0) is 16.0 Å². The van der Waals surface area contributed by atoms with Gasteiger partial charge in [-0.2, -0.15) is 0 Å². The number of hydrogen-bond donors (Lipinski definition) is 1. The third-order valence-electron chi connectivity index (χ3n) is 5.75. The van der Waals surface area contributed by atoms with Crippen LogP contribution in [0.1, 0.15) is 56.3 Å². The first kappa shape index (κ1) is 21.3. The van der Waals surface area contributed by atoms with Crippen molar-refractivity contribution in [1.82, 2.24) is 10.2 Å². The number of fused-ring (bicyclic) bond motifs is 1. The number of nitrogens with zero attached hydrogens (tertiary/aromatic N) is 1. The minimum atomic E-state index is -0.537. The van der Waals surface area contributed by atoms with E-state index in [4.69, 9.17) is 4.74 Å². The van der Waals surface area contributed by atoms with Crippen molar-refractivity contribution < 1.29 is 18.7 Å². The quantitative estimate of drug-likeness (QED) is 0.789. The fourth-order valence-electron chi connectivity index (χ4n) is 3.98. The predicted molar refractivity (Wildman–Crippen MR) is 116 cm³/mol. The van der Waals surface area contributed by atoms with Gasteiger partial charge in [0.2, 0.25) is 5.91 Å². The summed E-state index contributed by atoms with van der Waals surface area (Å²) in [6.45, 7) is 6.27. The molecule has 0 aromatic heterocycles. The van der Waals surface area contributed by atoms with Crippen molar-refractivity contribution >= 4 is 11.8 Å². The van der Waals surface area contributed by atoms with E-state index in [1.54, 1.807) is 12.1 Å². The van der Waals surface area contributed by atoms with Crippen LogP contribution in [0.4, 0.5) is 4.39 Å². The van der Waals surface area contributed by atoms with E-state index >= 15 is 0 Å². The van der Waals surface area contributed by atoms with Gasteiger partial charge in [0, 0.05) is 18.0 Å². The minimum absolute atomic E-state index is 0.0405. The molecule has 1 atom stereocenters. The van der Waals surface area contributed by atoms with Gasteiger partial charge in [-0.15, -0.1) is 0 Å². The maximum absolute atomic E-state index is 13.6. The van der Waals surface area contributed by atoms with Crippen LogP contribution in [0.2, 0.25) is 0 Å². The van der Waals surface area contributed by atoms with Crippen LogP contribution in [-0.4, -0.2) is 35.9 Å². The summed E-state index contributed by atoms with van der Waals surface area (Å²) in [6.07, 6.45) is 2.79. The van der Waals surface area contributed by atoms with E-state index in [9.17, 15) is 14.0 Å². The molecule has 1 N–H and O–H groups in total. The van der Waals surface area contributed by atoms with E-state index in [0.717, 1.165) is 36.0 Å². The van der Waals surface area contributed by atoms with Crippen molar-refractivity contribution in [2.24, 2.45) is 5.41 Å². The van der Waals surface area contributed by atoms with Crippen molar-refractivity contribution in [3.05, 3.63) is 65.0 Å². The Morgan fingerprint density at radius 2 is 1.84 bits per heavy atom. The topological polar surface area (TPSA) is 58.6 Å². The summed E-state index contributed by atoms with van der Waals surface area (Å²) in [4.78, 5) is 27.1. The second kappa shape index (κ2) is 8.33. The van der Waals surface area contributed by atoms with Crippen LogP contribution in [0.5, 0.6) is 5.75 Å². The van der Waals surface area contributed by atoms with Crippen LogP contribution in [0.25, 0.3) is 0 Å². The van der Waals surface area contributed by atoms with Gasteiger partial charge in [0.05, 0.1) is 6.04 Å². The molecule has 2 aromatic carbocycles. The van der Waals surface area contributed by atoms with E-state index in [0.29, 0.717) is 18.3 Å². The largest absolute Gasteiger partial charge is 0.484 e. The molecule has 4 rings (SSSR count). The summed E-state index contributed by atoms with van der Waals surface area (Å²) >= 11 is 0. The molecule has 164 valence electrons. The van der Waals surface area contributed by atoms with E-state index in [1.807, 2.05) is 43.9 Å². The minimum Gasteiger partial charge on any atom is -0.484 e. The Morgan fingerprint density at radius 3 is 2.48 bits per heavy atom. The van der Waals surface area contributed by atoms with Gasteiger partial charge >= 0.3 is 0 Å². The van der Waals surface area contributed by atoms with Crippen LogP contribution >= 0.6 is 0 Å². The molecule has 1 fully saturated rings. The number of ether oxygens (including phenoxy) is 1. The van der Waals surface area contributed by atoms with E-state index < -0.39 is 5.41 Å². The summed E-state index contributed by atoms with van der Waals surface area (Å²) < 4.78 is 19.3. The standard InChI is InChI=1S/C25H29FN2O3/c1-25(2,3)24(30)28-13-12-16-6-11-20(31-15-22(29)27-19-9-10-19)14-21(16)23(28)17-4-7-18(26)8-5-17/h4-8,11,14,19,23H,9-10,12-13,15H2,1-3H3,(H,27,29). The van der Waals surface area contributed by atoms with Gasteiger partial charge in [-0.3, -0.25) is 9.59 Å². The molecule has 1 heterocycles. The monoisotopic (exact) mass is 424 g/mol. The highest BCUT2D eigenvalue weighted by atomic mass is 19.1. The van der Waals surface area contributed by atoms with Gasteiger partial charge in [0.1, 0.15) is 11.6 Å². The molecule has 0 bridgehead atoms. The highest BCUT2D eigenvalue weighted by molar-refractivity contribution is 5.83. The number of carbonyl (C=O) groups excluding carboxylic acids is 2.